The fourth-order valence-electron chi connectivity index (χ4n) is 3.52. The van der Waals surface area contributed by atoms with E-state index in [0.717, 1.165) is 22.5 Å². The SMILES string of the molecule is CC(OC(=O)OC(C)c1ccccc1Nc1ccccn1)c1ccccc1Nc1ccccn1. The van der Waals surface area contributed by atoms with Crippen molar-refractivity contribution in [3.8, 4) is 0 Å². The standard InChI is InChI=1S/C27H26N4O3/c1-19(21-11-3-5-13-23(21)30-25-15-7-9-17-28-25)33-27(32)34-20(2)22-12-4-6-14-24(22)31-26-16-8-10-18-29-26/h3-20H,1-2H3,(H,28,30)(H,29,31). The number of pyridine rings is 2. The molecule has 7 nitrogen and oxygen atoms in total. The molecule has 0 saturated heterocycles. The van der Waals surface area contributed by atoms with Gasteiger partial charge in [0.2, 0.25) is 0 Å². The van der Waals surface area contributed by atoms with Crippen LogP contribution in [-0.4, -0.2) is 16.1 Å². The molecule has 0 bridgehead atoms. The van der Waals surface area contributed by atoms with Gasteiger partial charge in [-0.05, 0) is 50.2 Å². The molecular formula is C27H26N4O3. The van der Waals surface area contributed by atoms with Crippen LogP contribution in [0.4, 0.5) is 27.8 Å². The van der Waals surface area contributed by atoms with Gasteiger partial charge in [-0.3, -0.25) is 0 Å². The van der Waals surface area contributed by atoms with Gasteiger partial charge < -0.3 is 20.1 Å². The molecule has 0 amide bonds. The Labute approximate surface area is 198 Å². The summed E-state index contributed by atoms with van der Waals surface area (Å²) in [5, 5.41) is 6.53. The number of nitrogens with one attached hydrogen (secondary N) is 2. The Balaban J connectivity index is 1.42. The number of ether oxygens (including phenoxy) is 2. The zero-order chi connectivity index (χ0) is 23.8. The summed E-state index contributed by atoms with van der Waals surface area (Å²) in [5.74, 6) is 1.41. The molecule has 2 atom stereocenters. The molecule has 34 heavy (non-hydrogen) atoms. The van der Waals surface area contributed by atoms with Gasteiger partial charge in [0.05, 0.1) is 0 Å². The second kappa shape index (κ2) is 11.0. The van der Waals surface area contributed by atoms with E-state index in [1.54, 1.807) is 26.2 Å². The fourth-order valence-corrected chi connectivity index (χ4v) is 3.52. The molecule has 2 heterocycles. The molecule has 2 aromatic carbocycles. The quantitative estimate of drug-likeness (QED) is 0.279. The Morgan fingerprint density at radius 1 is 0.647 bits per heavy atom. The van der Waals surface area contributed by atoms with Gasteiger partial charge in [-0.25, -0.2) is 14.8 Å². The number of rotatable bonds is 8. The van der Waals surface area contributed by atoms with E-state index in [9.17, 15) is 4.79 Å². The number of aromatic nitrogens is 2. The molecule has 2 unspecified atom stereocenters. The highest BCUT2D eigenvalue weighted by Gasteiger charge is 2.20. The van der Waals surface area contributed by atoms with Gasteiger partial charge in [-0.1, -0.05) is 48.5 Å². The largest absolute Gasteiger partial charge is 0.509 e. The van der Waals surface area contributed by atoms with E-state index in [0.29, 0.717) is 11.6 Å². The number of hydrogen-bond acceptors (Lipinski definition) is 7. The third-order valence-corrected chi connectivity index (χ3v) is 5.20. The average Bonchev–Trinajstić information content (AvgIpc) is 2.86. The van der Waals surface area contributed by atoms with Crippen LogP contribution in [0.25, 0.3) is 0 Å². The van der Waals surface area contributed by atoms with Crippen molar-refractivity contribution in [3.05, 3.63) is 108 Å². The van der Waals surface area contributed by atoms with Crippen molar-refractivity contribution in [1.82, 2.24) is 9.97 Å². The lowest BCUT2D eigenvalue weighted by atomic mass is 10.1. The molecule has 172 valence electrons. The number of para-hydroxylation sites is 2. The summed E-state index contributed by atoms with van der Waals surface area (Å²) in [5.41, 5.74) is 3.24. The molecule has 4 rings (SSSR count). The summed E-state index contributed by atoms with van der Waals surface area (Å²) in [6, 6.07) is 26.5. The van der Waals surface area contributed by atoms with Crippen LogP contribution in [0.5, 0.6) is 0 Å². The van der Waals surface area contributed by atoms with E-state index in [1.165, 1.54) is 0 Å². The topological polar surface area (TPSA) is 85.4 Å². The minimum atomic E-state index is -0.750. The van der Waals surface area contributed by atoms with Crippen LogP contribution >= 0.6 is 0 Å². The number of carbonyl (C=O) groups excluding carboxylic acids is 1. The van der Waals surface area contributed by atoms with Crippen LogP contribution in [0, 0.1) is 0 Å². The van der Waals surface area contributed by atoms with Gasteiger partial charge in [0.15, 0.2) is 0 Å². The van der Waals surface area contributed by atoms with Crippen molar-refractivity contribution in [1.29, 1.82) is 0 Å². The van der Waals surface area contributed by atoms with E-state index in [2.05, 4.69) is 20.6 Å². The first kappa shape index (κ1) is 22.8. The number of benzene rings is 2. The zero-order valence-electron chi connectivity index (χ0n) is 19.0. The molecule has 2 N–H and O–H groups in total. The number of nitrogens with zero attached hydrogens (tertiary/aromatic N) is 2. The predicted octanol–water partition coefficient (Wildman–Crippen LogP) is 6.94. The lowest BCUT2D eigenvalue weighted by Crippen LogP contribution is -2.15. The zero-order valence-corrected chi connectivity index (χ0v) is 19.0. The van der Waals surface area contributed by atoms with Gasteiger partial charge >= 0.3 is 6.16 Å². The summed E-state index contributed by atoms with van der Waals surface area (Å²) < 4.78 is 11.2. The minimum Gasteiger partial charge on any atom is -0.426 e. The van der Waals surface area contributed by atoms with Crippen LogP contribution in [-0.2, 0) is 9.47 Å². The summed E-state index contributed by atoms with van der Waals surface area (Å²) in [4.78, 5) is 21.2. The molecule has 7 heteroatoms. The van der Waals surface area contributed by atoms with E-state index >= 15 is 0 Å². The smallest absolute Gasteiger partial charge is 0.426 e. The van der Waals surface area contributed by atoms with Gasteiger partial charge in [0.25, 0.3) is 0 Å². The third-order valence-electron chi connectivity index (χ3n) is 5.20. The maximum absolute atomic E-state index is 12.6. The number of hydrogen-bond donors (Lipinski definition) is 2. The molecule has 0 fully saturated rings. The van der Waals surface area contributed by atoms with E-state index in [-0.39, 0.29) is 0 Å². The fraction of sp³-hybridized carbons (Fsp3) is 0.148. The van der Waals surface area contributed by atoms with Crippen molar-refractivity contribution >= 4 is 29.2 Å². The van der Waals surface area contributed by atoms with Crippen LogP contribution in [0.3, 0.4) is 0 Å². The third kappa shape index (κ3) is 5.89. The number of anilines is 4. The molecule has 4 aromatic rings. The van der Waals surface area contributed by atoms with Gasteiger partial charge in [0, 0.05) is 34.9 Å². The molecular weight excluding hydrogens is 428 g/mol. The van der Waals surface area contributed by atoms with Gasteiger partial charge in [0.1, 0.15) is 23.8 Å². The molecule has 0 radical (unpaired) electrons. The highest BCUT2D eigenvalue weighted by Crippen LogP contribution is 2.30. The lowest BCUT2D eigenvalue weighted by Gasteiger charge is -2.21. The normalized spacial score (nSPS) is 12.3. The summed E-state index contributed by atoms with van der Waals surface area (Å²) in [6.07, 6.45) is 1.61. The highest BCUT2D eigenvalue weighted by atomic mass is 16.7. The first-order valence-corrected chi connectivity index (χ1v) is 11.0. The van der Waals surface area contributed by atoms with Crippen LogP contribution in [0.15, 0.2) is 97.3 Å². The van der Waals surface area contributed by atoms with Crippen LogP contribution in [0.1, 0.15) is 37.2 Å². The van der Waals surface area contributed by atoms with Crippen LogP contribution in [0.2, 0.25) is 0 Å². The molecule has 2 aromatic heterocycles. The first-order valence-electron chi connectivity index (χ1n) is 11.0. The molecule has 0 aliphatic heterocycles. The van der Waals surface area contributed by atoms with Gasteiger partial charge in [-0.2, -0.15) is 0 Å². The average molecular weight is 455 g/mol. The van der Waals surface area contributed by atoms with Crippen molar-refractivity contribution in [2.45, 2.75) is 26.1 Å². The summed E-state index contributed by atoms with van der Waals surface area (Å²) in [7, 11) is 0. The monoisotopic (exact) mass is 454 g/mol. The Hall–Kier alpha value is -4.39. The molecule has 0 aliphatic carbocycles. The minimum absolute atomic E-state index is 0.533. The van der Waals surface area contributed by atoms with E-state index < -0.39 is 18.4 Å². The Morgan fingerprint density at radius 2 is 1.06 bits per heavy atom. The summed E-state index contributed by atoms with van der Waals surface area (Å²) in [6.45, 7) is 3.61. The molecule has 0 aliphatic rings. The van der Waals surface area contributed by atoms with Crippen molar-refractivity contribution in [2.24, 2.45) is 0 Å². The predicted molar refractivity (Wildman–Crippen MR) is 132 cm³/mol. The van der Waals surface area contributed by atoms with Crippen molar-refractivity contribution in [3.63, 3.8) is 0 Å². The Bertz CT molecular complexity index is 1120. The van der Waals surface area contributed by atoms with E-state index in [1.807, 2.05) is 84.9 Å². The van der Waals surface area contributed by atoms with Crippen molar-refractivity contribution < 1.29 is 14.3 Å². The molecule has 0 spiro atoms. The van der Waals surface area contributed by atoms with Gasteiger partial charge in [-0.15, -0.1) is 0 Å². The Kier molecular flexibility index (Phi) is 7.35. The maximum atomic E-state index is 12.6. The highest BCUT2D eigenvalue weighted by molar-refractivity contribution is 5.65. The lowest BCUT2D eigenvalue weighted by molar-refractivity contribution is 0.00662. The van der Waals surface area contributed by atoms with Crippen molar-refractivity contribution in [2.75, 3.05) is 10.6 Å². The molecule has 0 saturated carbocycles. The van der Waals surface area contributed by atoms with Crippen LogP contribution < -0.4 is 10.6 Å². The Morgan fingerprint density at radius 3 is 1.47 bits per heavy atom. The summed E-state index contributed by atoms with van der Waals surface area (Å²) >= 11 is 0. The first-order chi connectivity index (χ1) is 16.6. The maximum Gasteiger partial charge on any atom is 0.509 e. The van der Waals surface area contributed by atoms with E-state index in [4.69, 9.17) is 9.47 Å². The second-order valence-electron chi connectivity index (χ2n) is 7.62. The second-order valence-corrected chi connectivity index (χ2v) is 7.62. The number of carbonyl (C=O) groups is 1.